The van der Waals surface area contributed by atoms with Crippen molar-refractivity contribution in [3.8, 4) is 0 Å². The van der Waals surface area contributed by atoms with E-state index in [4.69, 9.17) is 16.3 Å². The molecule has 4 saturated heterocycles. The summed E-state index contributed by atoms with van der Waals surface area (Å²) in [4.78, 5) is 104. The van der Waals surface area contributed by atoms with Gasteiger partial charge in [0.15, 0.2) is 0 Å². The highest BCUT2D eigenvalue weighted by atomic mass is 35.5. The number of nitrogens with zero attached hydrogens (tertiary/aromatic N) is 4. The number of piperazine rings is 1. The predicted octanol–water partition coefficient (Wildman–Crippen LogP) is 1.68. The van der Waals surface area contributed by atoms with E-state index >= 15 is 0 Å². The van der Waals surface area contributed by atoms with E-state index in [1.54, 1.807) is 7.05 Å². The lowest BCUT2D eigenvalue weighted by atomic mass is 10.0. The number of rotatable bonds is 7. The molecule has 0 aliphatic carbocycles. The van der Waals surface area contributed by atoms with Gasteiger partial charge in [0.2, 0.25) is 35.4 Å². The fraction of sp³-hybridized carbons (Fsp3) is 0.537. The Kier molecular flexibility index (Phi) is 13.9. The molecule has 6 rings (SSSR count). The van der Waals surface area contributed by atoms with Crippen LogP contribution in [-0.4, -0.2) is 144 Å². The van der Waals surface area contributed by atoms with Crippen LogP contribution in [0.5, 0.6) is 0 Å². The molecule has 4 fully saturated rings. The van der Waals surface area contributed by atoms with E-state index in [1.165, 1.54) is 39.8 Å². The van der Waals surface area contributed by atoms with Crippen molar-refractivity contribution in [2.75, 3.05) is 46.4 Å². The van der Waals surface area contributed by atoms with Crippen LogP contribution in [0.4, 0.5) is 17.6 Å². The van der Waals surface area contributed by atoms with Crippen LogP contribution >= 0.6 is 11.6 Å². The van der Waals surface area contributed by atoms with Gasteiger partial charge in [-0.3, -0.25) is 28.8 Å². The molecule has 0 saturated carbocycles. The Bertz CT molecular complexity index is 2060. The van der Waals surface area contributed by atoms with Crippen LogP contribution in [0.3, 0.4) is 0 Å². The fourth-order valence-corrected chi connectivity index (χ4v) is 8.49. The summed E-state index contributed by atoms with van der Waals surface area (Å²) in [6.07, 6.45) is -5.09. The highest BCUT2D eigenvalue weighted by Gasteiger charge is 2.46. The lowest BCUT2D eigenvalue weighted by molar-refractivity contribution is -0.158. The molecule has 15 nitrogen and oxygen atoms in total. The third-order valence-corrected chi connectivity index (χ3v) is 11.7. The van der Waals surface area contributed by atoms with Crippen LogP contribution in [0.15, 0.2) is 42.5 Å². The van der Waals surface area contributed by atoms with E-state index in [0.717, 1.165) is 24.3 Å². The number of hydrogen-bond donors (Lipinski definition) is 3. The molecule has 2 aromatic rings. The van der Waals surface area contributed by atoms with Gasteiger partial charge < -0.3 is 40.3 Å². The maximum absolute atomic E-state index is 14.7. The molecule has 0 aromatic heterocycles. The van der Waals surface area contributed by atoms with Gasteiger partial charge in [0.1, 0.15) is 48.7 Å². The highest BCUT2D eigenvalue weighted by Crippen LogP contribution is 2.30. The molecule has 2 aromatic carbocycles. The van der Waals surface area contributed by atoms with E-state index in [2.05, 4.69) is 16.0 Å². The van der Waals surface area contributed by atoms with Gasteiger partial charge in [0.05, 0.1) is 12.0 Å². The molecule has 4 heterocycles. The molecule has 4 aliphatic heterocycles. The molecular formula is C41H48ClF4N7O8. The van der Waals surface area contributed by atoms with Crippen molar-refractivity contribution < 1.29 is 55.9 Å². The van der Waals surface area contributed by atoms with Gasteiger partial charge in [-0.05, 0) is 68.5 Å². The van der Waals surface area contributed by atoms with Gasteiger partial charge in [-0.2, -0.15) is 13.2 Å². The van der Waals surface area contributed by atoms with Crippen molar-refractivity contribution in [1.29, 1.82) is 0 Å². The van der Waals surface area contributed by atoms with Crippen molar-refractivity contribution in [2.45, 2.75) is 88.4 Å². The SMILES string of the molecule is C[C@@H]1C[C@H]2C(=O)OC[C@H](NC(=O)[C@H](Cc3cccc(C(F)(F)F)c3)NC(=O)Cc3ccc(Cl)cc3F)C(=O)N3CCC[C@H]3C(=O)N3CCN(C)C[C@H]3C(=O)N[C@@H](C)C(=O)N2C1. The number of carbonyl (C=O) groups is 7. The van der Waals surface area contributed by atoms with E-state index in [-0.39, 0.29) is 61.1 Å². The number of amides is 6. The van der Waals surface area contributed by atoms with Crippen LogP contribution < -0.4 is 16.0 Å². The minimum absolute atomic E-state index is 0.0194. The number of cyclic esters (lactones) is 1. The van der Waals surface area contributed by atoms with Gasteiger partial charge in [-0.15, -0.1) is 0 Å². The van der Waals surface area contributed by atoms with Crippen LogP contribution in [0.1, 0.15) is 49.8 Å². The third-order valence-electron chi connectivity index (χ3n) is 11.5. The first-order valence-corrected chi connectivity index (χ1v) is 20.4. The minimum Gasteiger partial charge on any atom is -0.461 e. The second kappa shape index (κ2) is 18.8. The second-order valence-electron chi connectivity index (χ2n) is 16.2. The molecule has 0 radical (unpaired) electrons. The average Bonchev–Trinajstić information content (AvgIpc) is 3.86. The summed E-state index contributed by atoms with van der Waals surface area (Å²) in [5, 5.41) is 7.75. The number of nitrogens with one attached hydrogen (secondary N) is 3. The van der Waals surface area contributed by atoms with Crippen LogP contribution in [0.2, 0.25) is 5.02 Å². The summed E-state index contributed by atoms with van der Waals surface area (Å²) in [5.41, 5.74) is -1.13. The average molecular weight is 878 g/mol. The first-order chi connectivity index (χ1) is 28.8. The molecule has 0 unspecified atom stereocenters. The summed E-state index contributed by atoms with van der Waals surface area (Å²) in [5.74, 6) is -6.36. The molecule has 330 valence electrons. The number of likely N-dealkylation sites (N-methyl/N-ethyl adjacent to an activating group) is 1. The summed E-state index contributed by atoms with van der Waals surface area (Å²) < 4.78 is 61.4. The summed E-state index contributed by atoms with van der Waals surface area (Å²) in [6.45, 7) is 3.41. The molecule has 0 spiro atoms. The second-order valence-corrected chi connectivity index (χ2v) is 16.6. The molecule has 6 amide bonds. The lowest BCUT2D eigenvalue weighted by Gasteiger charge is -2.42. The number of ether oxygens (including phenoxy) is 1. The van der Waals surface area contributed by atoms with Crippen molar-refractivity contribution in [2.24, 2.45) is 5.92 Å². The van der Waals surface area contributed by atoms with Gasteiger partial charge >= 0.3 is 12.1 Å². The first kappa shape index (κ1) is 45.2. The molecule has 3 N–H and O–H groups in total. The van der Waals surface area contributed by atoms with Crippen molar-refractivity contribution in [3.05, 3.63) is 70.0 Å². The summed E-state index contributed by atoms with van der Waals surface area (Å²) in [6, 6.07) is 0.00305. The maximum atomic E-state index is 14.7. The number of benzene rings is 2. The number of alkyl halides is 3. The zero-order valence-electron chi connectivity index (χ0n) is 33.8. The molecular weight excluding hydrogens is 830 g/mol. The number of carbonyl (C=O) groups excluding carboxylic acids is 7. The smallest absolute Gasteiger partial charge is 0.416 e. The third kappa shape index (κ3) is 10.6. The normalized spacial score (nSPS) is 26.2. The first-order valence-electron chi connectivity index (χ1n) is 20.1. The lowest BCUT2D eigenvalue weighted by Crippen LogP contribution is -2.65. The Hall–Kier alpha value is -5.30. The molecule has 7 atom stereocenters. The van der Waals surface area contributed by atoms with Crippen molar-refractivity contribution in [3.63, 3.8) is 0 Å². The monoisotopic (exact) mass is 877 g/mol. The van der Waals surface area contributed by atoms with Crippen LogP contribution in [-0.2, 0) is 57.3 Å². The van der Waals surface area contributed by atoms with Gasteiger partial charge in [0.25, 0.3) is 0 Å². The Morgan fingerprint density at radius 1 is 0.918 bits per heavy atom. The zero-order valence-corrected chi connectivity index (χ0v) is 34.6. The standard InChI is InChI=1S/C41H48ClF4N7O8/c1-22-14-32-40(60)61-21-30(38(58)51-11-5-8-31(51)39(59)52-13-12-50(3)20-33(52)36(56)47-23(2)37(57)53(32)19-22)49-35(55)29(16-24-6-4-7-26(15-24)41(44,45)46)48-34(54)17-25-9-10-27(42)18-28(25)43/h4,6-7,9-10,15,18,22-23,29-33H,5,8,11-14,16-17,19-21H2,1-3H3,(H,47,56)(H,48,54)(H,49,55)/t22-,23+,29+,30+,31+,32+,33+/m1/s1. The van der Waals surface area contributed by atoms with E-state index in [0.29, 0.717) is 13.0 Å². The summed E-state index contributed by atoms with van der Waals surface area (Å²) >= 11 is 5.85. The zero-order chi connectivity index (χ0) is 44.3. The van der Waals surface area contributed by atoms with E-state index < -0.39 is 115 Å². The van der Waals surface area contributed by atoms with Gasteiger partial charge in [-0.1, -0.05) is 42.8 Å². The Labute approximate surface area is 354 Å². The molecule has 20 heteroatoms. The summed E-state index contributed by atoms with van der Waals surface area (Å²) in [7, 11) is 1.78. The van der Waals surface area contributed by atoms with E-state index in [9.17, 15) is 51.1 Å². The Morgan fingerprint density at radius 2 is 1.66 bits per heavy atom. The highest BCUT2D eigenvalue weighted by molar-refractivity contribution is 6.30. The van der Waals surface area contributed by atoms with Gasteiger partial charge in [0, 0.05) is 44.2 Å². The maximum Gasteiger partial charge on any atom is 0.416 e. The number of halogens is 5. The number of esters is 1. The number of fused-ring (bicyclic) bond motifs is 3. The molecule has 4 aliphatic rings. The van der Waals surface area contributed by atoms with Crippen molar-refractivity contribution in [1.82, 2.24) is 35.6 Å². The minimum atomic E-state index is -4.74. The Morgan fingerprint density at radius 3 is 2.38 bits per heavy atom. The molecule has 61 heavy (non-hydrogen) atoms. The number of hydrogen-bond acceptors (Lipinski definition) is 9. The fourth-order valence-electron chi connectivity index (χ4n) is 8.33. The van der Waals surface area contributed by atoms with Crippen LogP contribution in [0, 0.1) is 11.7 Å². The van der Waals surface area contributed by atoms with Crippen molar-refractivity contribution >= 4 is 53.0 Å². The predicted molar refractivity (Wildman–Crippen MR) is 210 cm³/mol. The quantitative estimate of drug-likeness (QED) is 0.276. The largest absolute Gasteiger partial charge is 0.461 e. The van der Waals surface area contributed by atoms with Crippen LogP contribution in [0.25, 0.3) is 0 Å². The van der Waals surface area contributed by atoms with Gasteiger partial charge in [-0.25, -0.2) is 9.18 Å². The Balaban J connectivity index is 1.33. The van der Waals surface area contributed by atoms with E-state index in [1.807, 2.05) is 11.8 Å². The molecule has 0 bridgehead atoms. The topological polar surface area (TPSA) is 178 Å².